The van der Waals surface area contributed by atoms with Gasteiger partial charge in [-0.1, -0.05) is 6.07 Å². The molecule has 2 heterocycles. The van der Waals surface area contributed by atoms with E-state index >= 15 is 0 Å². The van der Waals surface area contributed by atoms with Crippen molar-refractivity contribution in [2.45, 2.75) is 6.92 Å². The van der Waals surface area contributed by atoms with Crippen molar-refractivity contribution in [3.8, 4) is 29.1 Å². The maximum atomic E-state index is 5.85. The average molecular weight is 347 g/mol. The lowest BCUT2D eigenvalue weighted by atomic mass is 10.2. The van der Waals surface area contributed by atoms with Crippen LogP contribution in [0.2, 0.25) is 0 Å². The first-order valence-electron chi connectivity index (χ1n) is 8.12. The van der Waals surface area contributed by atoms with E-state index in [0.717, 1.165) is 16.6 Å². The molecule has 0 atom stereocenters. The summed E-state index contributed by atoms with van der Waals surface area (Å²) < 4.78 is 16.7. The summed E-state index contributed by atoms with van der Waals surface area (Å²) in [7, 11) is 1.60. The summed E-state index contributed by atoms with van der Waals surface area (Å²) in [4.78, 5) is 11.7. The summed E-state index contributed by atoms with van der Waals surface area (Å²) in [5, 5.41) is 1.09. The molecule has 4 aromatic rings. The predicted octanol–water partition coefficient (Wildman–Crippen LogP) is 4.86. The summed E-state index contributed by atoms with van der Waals surface area (Å²) >= 11 is 0. The third-order valence-electron chi connectivity index (χ3n) is 3.81. The lowest BCUT2D eigenvalue weighted by molar-refractivity contribution is 0.397. The minimum atomic E-state index is 0.203. The zero-order valence-electron chi connectivity index (χ0n) is 14.4. The number of rotatable bonds is 5. The second-order valence-electron chi connectivity index (χ2n) is 5.76. The highest BCUT2D eigenvalue weighted by Gasteiger charge is 2.06. The van der Waals surface area contributed by atoms with Gasteiger partial charge in [0.2, 0.25) is 5.88 Å². The second-order valence-corrected chi connectivity index (χ2v) is 5.76. The molecule has 6 nitrogen and oxygen atoms in total. The fourth-order valence-corrected chi connectivity index (χ4v) is 2.64. The van der Waals surface area contributed by atoms with E-state index in [1.54, 1.807) is 25.4 Å². The largest absolute Gasteiger partial charge is 0.497 e. The first-order chi connectivity index (χ1) is 12.7. The van der Waals surface area contributed by atoms with Crippen molar-refractivity contribution < 1.29 is 14.2 Å². The number of benzene rings is 2. The van der Waals surface area contributed by atoms with Crippen LogP contribution in [0, 0.1) is 6.92 Å². The minimum Gasteiger partial charge on any atom is -0.497 e. The first kappa shape index (κ1) is 16.0. The molecule has 130 valence electrons. The summed E-state index contributed by atoms with van der Waals surface area (Å²) in [6.07, 6.45) is 1.59. The van der Waals surface area contributed by atoms with Gasteiger partial charge in [0, 0.05) is 34.9 Å². The van der Waals surface area contributed by atoms with Crippen molar-refractivity contribution in [2.24, 2.45) is 0 Å². The number of fused-ring (bicyclic) bond motifs is 1. The van der Waals surface area contributed by atoms with Crippen molar-refractivity contribution in [1.29, 1.82) is 0 Å². The maximum absolute atomic E-state index is 5.85. The van der Waals surface area contributed by atoms with Gasteiger partial charge in [-0.15, -0.1) is 0 Å². The van der Waals surface area contributed by atoms with Gasteiger partial charge in [0.15, 0.2) is 0 Å². The molecular formula is C20H17N3O3. The Labute approximate surface area is 150 Å². The van der Waals surface area contributed by atoms with E-state index in [1.165, 1.54) is 0 Å². The van der Waals surface area contributed by atoms with Crippen molar-refractivity contribution in [1.82, 2.24) is 15.0 Å². The Bertz CT molecular complexity index is 1060. The molecule has 0 fully saturated rings. The third kappa shape index (κ3) is 3.44. The summed E-state index contributed by atoms with van der Waals surface area (Å²) in [5.74, 6) is 2.39. The highest BCUT2D eigenvalue weighted by molar-refractivity contribution is 5.81. The van der Waals surface area contributed by atoms with Gasteiger partial charge in [0.1, 0.15) is 17.2 Å². The molecule has 0 unspecified atom stereocenters. The molecule has 0 saturated heterocycles. The number of methoxy groups -OCH3 is 1. The summed E-state index contributed by atoms with van der Waals surface area (Å²) in [5.41, 5.74) is 2.17. The molecule has 0 bridgehead atoms. The molecule has 4 rings (SSSR count). The Morgan fingerprint density at radius 2 is 1.73 bits per heavy atom. The van der Waals surface area contributed by atoms with E-state index in [-0.39, 0.29) is 6.01 Å². The number of H-pyrrole nitrogens is 1. The van der Waals surface area contributed by atoms with E-state index in [2.05, 4.69) is 21.0 Å². The molecule has 0 aliphatic carbocycles. The number of hydrogen-bond donors (Lipinski definition) is 1. The Morgan fingerprint density at radius 3 is 2.62 bits per heavy atom. The lowest BCUT2D eigenvalue weighted by Gasteiger charge is -2.08. The van der Waals surface area contributed by atoms with Crippen LogP contribution >= 0.6 is 0 Å². The Morgan fingerprint density at radius 1 is 0.885 bits per heavy atom. The van der Waals surface area contributed by atoms with Crippen molar-refractivity contribution in [3.63, 3.8) is 0 Å². The number of aromatic amines is 1. The van der Waals surface area contributed by atoms with Crippen LogP contribution in [0.4, 0.5) is 0 Å². The van der Waals surface area contributed by atoms with Crippen molar-refractivity contribution in [3.05, 3.63) is 66.5 Å². The topological polar surface area (TPSA) is 69.3 Å². The third-order valence-corrected chi connectivity index (χ3v) is 3.81. The normalized spacial score (nSPS) is 10.7. The van der Waals surface area contributed by atoms with Crippen molar-refractivity contribution in [2.75, 3.05) is 7.11 Å². The number of hydrogen-bond acceptors (Lipinski definition) is 5. The zero-order chi connectivity index (χ0) is 17.9. The molecule has 2 aromatic carbocycles. The van der Waals surface area contributed by atoms with Crippen LogP contribution in [0.1, 0.15) is 5.69 Å². The van der Waals surface area contributed by atoms with Crippen LogP contribution in [0.3, 0.4) is 0 Å². The van der Waals surface area contributed by atoms with Gasteiger partial charge in [-0.3, -0.25) is 0 Å². The minimum absolute atomic E-state index is 0.203. The maximum Gasteiger partial charge on any atom is 0.325 e. The van der Waals surface area contributed by atoms with Gasteiger partial charge in [0.05, 0.1) is 7.11 Å². The Hall–Kier alpha value is -3.54. The monoisotopic (exact) mass is 347 g/mol. The van der Waals surface area contributed by atoms with E-state index in [1.807, 2.05) is 43.3 Å². The molecular weight excluding hydrogens is 330 g/mol. The molecule has 6 heteroatoms. The van der Waals surface area contributed by atoms with E-state index in [0.29, 0.717) is 23.1 Å². The molecule has 2 aromatic heterocycles. The van der Waals surface area contributed by atoms with Crippen LogP contribution in [0.15, 0.2) is 60.8 Å². The van der Waals surface area contributed by atoms with Crippen LogP contribution in [-0.4, -0.2) is 22.1 Å². The van der Waals surface area contributed by atoms with Gasteiger partial charge in [-0.05, 0) is 43.3 Å². The van der Waals surface area contributed by atoms with Crippen LogP contribution in [-0.2, 0) is 0 Å². The molecule has 0 spiro atoms. The van der Waals surface area contributed by atoms with Gasteiger partial charge < -0.3 is 19.2 Å². The SMILES string of the molecule is COc1cccc(Oc2nccc(Oc3ccc4[nH]c(C)cc4c3)n2)c1. The van der Waals surface area contributed by atoms with Gasteiger partial charge in [-0.2, -0.15) is 4.98 Å². The lowest BCUT2D eigenvalue weighted by Crippen LogP contribution is -1.94. The summed E-state index contributed by atoms with van der Waals surface area (Å²) in [6.45, 7) is 2.02. The molecule has 0 amide bonds. The van der Waals surface area contributed by atoms with Crippen LogP contribution in [0.25, 0.3) is 10.9 Å². The second kappa shape index (κ2) is 6.76. The molecule has 26 heavy (non-hydrogen) atoms. The fraction of sp³-hybridized carbons (Fsp3) is 0.100. The summed E-state index contributed by atoms with van der Waals surface area (Å²) in [6, 6.07) is 17.0. The molecule has 0 saturated carbocycles. The molecule has 0 aliphatic heterocycles. The molecule has 0 aliphatic rings. The number of nitrogens with zero attached hydrogens (tertiary/aromatic N) is 2. The van der Waals surface area contributed by atoms with Gasteiger partial charge in [0.25, 0.3) is 0 Å². The van der Waals surface area contributed by atoms with E-state index < -0.39 is 0 Å². The quantitative estimate of drug-likeness (QED) is 0.558. The smallest absolute Gasteiger partial charge is 0.325 e. The standard InChI is InChI=1S/C20H17N3O3/c1-13-10-14-11-17(6-7-18(14)22-13)25-19-8-9-21-20(23-19)26-16-5-3-4-15(12-16)24-2/h3-12,22H,1-2H3. The number of ether oxygens (including phenoxy) is 3. The van der Waals surface area contributed by atoms with Gasteiger partial charge in [-0.25, -0.2) is 4.98 Å². The fourth-order valence-electron chi connectivity index (χ4n) is 2.64. The number of nitrogens with one attached hydrogen (secondary N) is 1. The highest BCUT2D eigenvalue weighted by atomic mass is 16.5. The molecule has 1 N–H and O–H groups in total. The number of aryl methyl sites for hydroxylation is 1. The van der Waals surface area contributed by atoms with E-state index in [4.69, 9.17) is 14.2 Å². The van der Waals surface area contributed by atoms with E-state index in [9.17, 15) is 0 Å². The van der Waals surface area contributed by atoms with Crippen molar-refractivity contribution >= 4 is 10.9 Å². The van der Waals surface area contributed by atoms with Gasteiger partial charge >= 0.3 is 6.01 Å². The first-order valence-corrected chi connectivity index (χ1v) is 8.12. The Balaban J connectivity index is 1.54. The Kier molecular flexibility index (Phi) is 4.15. The average Bonchev–Trinajstić information content (AvgIpc) is 3.01. The van der Waals surface area contributed by atoms with Crippen LogP contribution in [0.5, 0.6) is 29.1 Å². The highest BCUT2D eigenvalue weighted by Crippen LogP contribution is 2.27. The number of aromatic nitrogens is 3. The van der Waals surface area contributed by atoms with Crippen LogP contribution < -0.4 is 14.2 Å². The molecule has 0 radical (unpaired) electrons. The predicted molar refractivity (Wildman–Crippen MR) is 98.2 cm³/mol. The zero-order valence-corrected chi connectivity index (χ0v) is 14.4.